The van der Waals surface area contributed by atoms with Crippen molar-refractivity contribution in [1.29, 1.82) is 0 Å². The summed E-state index contributed by atoms with van der Waals surface area (Å²) in [5.41, 5.74) is 2.96. The Labute approximate surface area is 260 Å². The van der Waals surface area contributed by atoms with Gasteiger partial charge in [0.1, 0.15) is 18.3 Å². The second-order valence-corrected chi connectivity index (χ2v) is 12.7. The molecule has 1 aliphatic rings. The van der Waals surface area contributed by atoms with Crippen LogP contribution in [0.1, 0.15) is 37.5 Å². The smallest absolute Gasteiger partial charge is 0.333 e. The summed E-state index contributed by atoms with van der Waals surface area (Å²) in [5.74, 6) is -0.278. The molecule has 10 heteroatoms. The topological polar surface area (TPSA) is 102 Å². The van der Waals surface area contributed by atoms with E-state index in [0.717, 1.165) is 16.7 Å². The molecule has 1 fully saturated rings. The Bertz CT molecular complexity index is 1290. The Kier molecular flexibility index (Phi) is 13.6. The van der Waals surface area contributed by atoms with Crippen LogP contribution in [-0.4, -0.2) is 62.3 Å². The summed E-state index contributed by atoms with van der Waals surface area (Å²) in [7, 11) is -3.57. The Morgan fingerprint density at radius 3 is 1.68 bits per heavy atom. The first-order valence-electron chi connectivity index (χ1n) is 15.1. The lowest BCUT2D eigenvalue weighted by Gasteiger charge is -2.47. The molecule has 1 heterocycles. The normalized spacial score (nSPS) is 22.0. The van der Waals surface area contributed by atoms with Gasteiger partial charge < -0.3 is 33.3 Å². The molecule has 1 N–H and O–H groups in total. The van der Waals surface area contributed by atoms with E-state index >= 15 is 0 Å². The van der Waals surface area contributed by atoms with Crippen molar-refractivity contribution in [2.75, 3.05) is 26.0 Å². The fraction of sp³-hybridized carbons (Fsp3) is 0.441. The highest BCUT2D eigenvalue weighted by molar-refractivity contribution is 7.53. The molecule has 3 aromatic carbocycles. The molecule has 0 radical (unpaired) electrons. The number of carbonyl (C=O) groups is 1. The average molecular weight is 626 g/mol. The van der Waals surface area contributed by atoms with E-state index in [0.29, 0.717) is 13.2 Å². The molecule has 0 bridgehead atoms. The van der Waals surface area contributed by atoms with Crippen LogP contribution in [0.5, 0.6) is 0 Å². The number of rotatable bonds is 17. The SMILES string of the molecule is CCOP(=O)(C[C@H]1O[C@H](COCc2ccccc2)[C@@H](OCc2ccccc2)[C@H](OCc2ccccc2)[C@H]1NC(C)=O)OCC. The molecular formula is C34H44NO8P. The van der Waals surface area contributed by atoms with Gasteiger partial charge in [-0.2, -0.15) is 0 Å². The first-order chi connectivity index (χ1) is 21.4. The van der Waals surface area contributed by atoms with Gasteiger partial charge in [0.15, 0.2) is 0 Å². The van der Waals surface area contributed by atoms with Crippen LogP contribution in [0.25, 0.3) is 0 Å². The van der Waals surface area contributed by atoms with Crippen LogP contribution in [0, 0.1) is 0 Å². The van der Waals surface area contributed by atoms with Gasteiger partial charge in [0, 0.05) is 6.92 Å². The standard InChI is InChI=1S/C34H44NO8P/c1-4-41-44(37,42-5-2)25-31-32(35-26(3)36)34(40-23-29-19-13-8-14-20-29)33(39-22-28-17-11-7-12-18-28)30(43-31)24-38-21-27-15-9-6-10-16-27/h6-20,30-34H,4-5,21-25H2,1-3H3,(H,35,36)/t30-,31-,32+,33-,34-/m1/s1. The maximum atomic E-state index is 13.8. The van der Waals surface area contributed by atoms with Crippen molar-refractivity contribution in [3.63, 3.8) is 0 Å². The largest absolute Gasteiger partial charge is 0.374 e. The first kappa shape index (κ1) is 34.0. The molecule has 0 unspecified atom stereocenters. The molecule has 4 rings (SSSR count). The highest BCUT2D eigenvalue weighted by atomic mass is 31.2. The van der Waals surface area contributed by atoms with Gasteiger partial charge in [-0.1, -0.05) is 91.0 Å². The van der Waals surface area contributed by atoms with E-state index in [1.807, 2.05) is 91.0 Å². The van der Waals surface area contributed by atoms with Gasteiger partial charge in [-0.15, -0.1) is 0 Å². The summed E-state index contributed by atoms with van der Waals surface area (Å²) in [6.07, 6.45) is -2.78. The van der Waals surface area contributed by atoms with Crippen LogP contribution >= 0.6 is 7.60 Å². The van der Waals surface area contributed by atoms with Crippen molar-refractivity contribution < 1.29 is 37.4 Å². The molecule has 0 spiro atoms. The number of ether oxygens (including phenoxy) is 4. The molecule has 1 saturated heterocycles. The number of benzene rings is 3. The molecule has 0 saturated carbocycles. The van der Waals surface area contributed by atoms with Crippen LogP contribution in [0.3, 0.4) is 0 Å². The van der Waals surface area contributed by atoms with Gasteiger partial charge in [0.25, 0.3) is 0 Å². The minimum Gasteiger partial charge on any atom is -0.374 e. The Balaban J connectivity index is 1.67. The molecule has 238 valence electrons. The lowest BCUT2D eigenvalue weighted by Crippen LogP contribution is -2.66. The van der Waals surface area contributed by atoms with Gasteiger partial charge in [-0.05, 0) is 30.5 Å². The third kappa shape index (κ3) is 10.3. The lowest BCUT2D eigenvalue weighted by atomic mass is 9.92. The lowest BCUT2D eigenvalue weighted by molar-refractivity contribution is -0.228. The maximum Gasteiger partial charge on any atom is 0.333 e. The van der Waals surface area contributed by atoms with Crippen molar-refractivity contribution in [3.05, 3.63) is 108 Å². The van der Waals surface area contributed by atoms with Crippen LogP contribution in [0.15, 0.2) is 91.0 Å². The van der Waals surface area contributed by atoms with Crippen molar-refractivity contribution in [1.82, 2.24) is 5.32 Å². The zero-order valence-corrected chi connectivity index (χ0v) is 26.6. The number of nitrogens with one attached hydrogen (secondary N) is 1. The summed E-state index contributed by atoms with van der Waals surface area (Å²) >= 11 is 0. The summed E-state index contributed by atoms with van der Waals surface area (Å²) in [6, 6.07) is 28.8. The molecular weight excluding hydrogens is 581 g/mol. The number of hydrogen-bond acceptors (Lipinski definition) is 8. The zero-order chi connectivity index (χ0) is 31.2. The van der Waals surface area contributed by atoms with E-state index < -0.39 is 38.1 Å². The van der Waals surface area contributed by atoms with Crippen LogP contribution < -0.4 is 5.32 Å². The minimum atomic E-state index is -3.57. The van der Waals surface area contributed by atoms with Crippen LogP contribution in [0.2, 0.25) is 0 Å². The van der Waals surface area contributed by atoms with E-state index in [4.69, 9.17) is 28.0 Å². The fourth-order valence-electron chi connectivity index (χ4n) is 5.27. The quantitative estimate of drug-likeness (QED) is 0.185. The highest BCUT2D eigenvalue weighted by Crippen LogP contribution is 2.50. The molecule has 0 aliphatic carbocycles. The van der Waals surface area contributed by atoms with E-state index in [2.05, 4.69) is 5.32 Å². The van der Waals surface area contributed by atoms with E-state index in [1.165, 1.54) is 6.92 Å². The van der Waals surface area contributed by atoms with E-state index in [-0.39, 0.29) is 38.5 Å². The highest BCUT2D eigenvalue weighted by Gasteiger charge is 2.50. The van der Waals surface area contributed by atoms with Gasteiger partial charge >= 0.3 is 7.60 Å². The van der Waals surface area contributed by atoms with Crippen molar-refractivity contribution in [3.8, 4) is 0 Å². The fourth-order valence-corrected chi connectivity index (χ4v) is 7.10. The third-order valence-electron chi connectivity index (χ3n) is 7.18. The van der Waals surface area contributed by atoms with Gasteiger partial charge in [0.2, 0.25) is 5.91 Å². The zero-order valence-electron chi connectivity index (χ0n) is 25.7. The average Bonchev–Trinajstić information content (AvgIpc) is 3.02. The van der Waals surface area contributed by atoms with E-state index in [1.54, 1.807) is 13.8 Å². The van der Waals surface area contributed by atoms with Gasteiger partial charge in [0.05, 0.1) is 57.9 Å². The second-order valence-electron chi connectivity index (χ2n) is 10.6. The molecule has 0 aromatic heterocycles. The molecule has 44 heavy (non-hydrogen) atoms. The van der Waals surface area contributed by atoms with Gasteiger partial charge in [-0.25, -0.2) is 0 Å². The molecule has 5 atom stereocenters. The molecule has 1 aliphatic heterocycles. The first-order valence-corrected chi connectivity index (χ1v) is 16.9. The van der Waals surface area contributed by atoms with E-state index in [9.17, 15) is 9.36 Å². The summed E-state index contributed by atoms with van der Waals surface area (Å²) in [6.45, 7) is 6.48. The van der Waals surface area contributed by atoms with Crippen LogP contribution in [-0.2, 0) is 57.2 Å². The maximum absolute atomic E-state index is 13.8. The second kappa shape index (κ2) is 17.6. The van der Waals surface area contributed by atoms with Gasteiger partial charge in [-0.3, -0.25) is 9.36 Å². The van der Waals surface area contributed by atoms with Crippen molar-refractivity contribution in [2.24, 2.45) is 0 Å². The monoisotopic (exact) mass is 625 g/mol. The summed E-state index contributed by atoms with van der Waals surface area (Å²) in [5, 5.41) is 3.01. The Morgan fingerprint density at radius 1 is 0.727 bits per heavy atom. The summed E-state index contributed by atoms with van der Waals surface area (Å²) in [4.78, 5) is 12.6. The molecule has 3 aromatic rings. The number of hydrogen-bond donors (Lipinski definition) is 1. The molecule has 1 amide bonds. The predicted molar refractivity (Wildman–Crippen MR) is 168 cm³/mol. The molecule has 9 nitrogen and oxygen atoms in total. The number of amides is 1. The Hall–Kier alpha value is -2.88. The van der Waals surface area contributed by atoms with Crippen LogP contribution in [0.4, 0.5) is 0 Å². The number of carbonyl (C=O) groups excluding carboxylic acids is 1. The van der Waals surface area contributed by atoms with Crippen molar-refractivity contribution >= 4 is 13.5 Å². The third-order valence-corrected chi connectivity index (χ3v) is 9.29. The Morgan fingerprint density at radius 2 is 1.20 bits per heavy atom. The minimum absolute atomic E-state index is 0.0780. The predicted octanol–water partition coefficient (Wildman–Crippen LogP) is 5.91. The van der Waals surface area contributed by atoms with Crippen molar-refractivity contribution in [2.45, 2.75) is 71.0 Å². The summed E-state index contributed by atoms with van der Waals surface area (Å²) < 4.78 is 51.0.